The molecule has 1 aliphatic rings. The van der Waals surface area contributed by atoms with Gasteiger partial charge in [-0.3, -0.25) is 0 Å². The Balaban J connectivity index is 0. The summed E-state index contributed by atoms with van der Waals surface area (Å²) in [6.07, 6.45) is 5.34. The zero-order chi connectivity index (χ0) is 7.40. The Morgan fingerprint density at radius 2 is 1.00 bits per heavy atom. The summed E-state index contributed by atoms with van der Waals surface area (Å²) in [5.74, 6) is 0. The molecule has 0 aromatic carbocycles. The minimum atomic E-state index is 0. The summed E-state index contributed by atoms with van der Waals surface area (Å²) < 4.78 is 0. The van der Waals surface area contributed by atoms with E-state index in [4.69, 9.17) is 0 Å². The standard InChI is InChI=1S/C8H18N2.2ClH/c1-9-7-3-5-8(10-2)6-4-7;;/h7-10H,3-6H2,1-2H3;2*1H/t7-,8+;;. The highest BCUT2D eigenvalue weighted by Crippen LogP contribution is 2.17. The summed E-state index contributed by atoms with van der Waals surface area (Å²) in [5, 5.41) is 6.64. The van der Waals surface area contributed by atoms with Crippen molar-refractivity contribution in [3.05, 3.63) is 0 Å². The zero-order valence-corrected chi connectivity index (χ0v) is 9.43. The lowest BCUT2D eigenvalue weighted by atomic mass is 9.91. The summed E-state index contributed by atoms with van der Waals surface area (Å²) >= 11 is 0. The molecular weight excluding hydrogens is 195 g/mol. The van der Waals surface area contributed by atoms with Crippen LogP contribution < -0.4 is 10.6 Å². The normalized spacial score (nSPS) is 28.5. The Labute approximate surface area is 87.7 Å². The number of rotatable bonds is 2. The van der Waals surface area contributed by atoms with Crippen LogP contribution in [0.15, 0.2) is 0 Å². The molecule has 12 heavy (non-hydrogen) atoms. The van der Waals surface area contributed by atoms with Crippen LogP contribution in [0.25, 0.3) is 0 Å². The maximum atomic E-state index is 3.32. The van der Waals surface area contributed by atoms with Crippen LogP contribution in [0.5, 0.6) is 0 Å². The predicted molar refractivity (Wildman–Crippen MR) is 58.7 cm³/mol. The molecule has 4 heteroatoms. The van der Waals surface area contributed by atoms with Gasteiger partial charge in [-0.05, 0) is 39.8 Å². The Morgan fingerprint density at radius 1 is 0.750 bits per heavy atom. The van der Waals surface area contributed by atoms with Crippen molar-refractivity contribution in [1.82, 2.24) is 10.6 Å². The largest absolute Gasteiger partial charge is 0.317 e. The van der Waals surface area contributed by atoms with E-state index in [0.29, 0.717) is 0 Å². The topological polar surface area (TPSA) is 24.1 Å². The maximum Gasteiger partial charge on any atom is 0.00652 e. The van der Waals surface area contributed by atoms with Gasteiger partial charge in [-0.15, -0.1) is 24.8 Å². The van der Waals surface area contributed by atoms with Gasteiger partial charge in [0.05, 0.1) is 0 Å². The third kappa shape index (κ3) is 4.51. The van der Waals surface area contributed by atoms with Gasteiger partial charge in [0.25, 0.3) is 0 Å². The van der Waals surface area contributed by atoms with Crippen LogP contribution in [0.4, 0.5) is 0 Å². The van der Waals surface area contributed by atoms with Crippen LogP contribution in [-0.2, 0) is 0 Å². The molecule has 1 saturated carbocycles. The van der Waals surface area contributed by atoms with Crippen LogP contribution in [0, 0.1) is 0 Å². The van der Waals surface area contributed by atoms with Crippen molar-refractivity contribution in [2.45, 2.75) is 37.8 Å². The quantitative estimate of drug-likeness (QED) is 0.730. The predicted octanol–water partition coefficient (Wildman–Crippen LogP) is 1.58. The first-order valence-corrected chi connectivity index (χ1v) is 4.21. The second-order valence-electron chi connectivity index (χ2n) is 3.13. The third-order valence-corrected chi connectivity index (χ3v) is 2.54. The summed E-state index contributed by atoms with van der Waals surface area (Å²) in [4.78, 5) is 0. The van der Waals surface area contributed by atoms with Gasteiger partial charge in [-0.2, -0.15) is 0 Å². The van der Waals surface area contributed by atoms with Crippen molar-refractivity contribution in [1.29, 1.82) is 0 Å². The van der Waals surface area contributed by atoms with E-state index in [1.807, 2.05) is 0 Å². The number of nitrogens with one attached hydrogen (secondary N) is 2. The molecule has 1 aliphatic carbocycles. The molecule has 2 N–H and O–H groups in total. The molecule has 0 aromatic heterocycles. The highest BCUT2D eigenvalue weighted by Gasteiger charge is 2.17. The van der Waals surface area contributed by atoms with E-state index in [9.17, 15) is 0 Å². The minimum absolute atomic E-state index is 0. The Kier molecular flexibility index (Phi) is 10.1. The average Bonchev–Trinajstić information content (AvgIpc) is 2.05. The molecule has 0 spiro atoms. The smallest absolute Gasteiger partial charge is 0.00652 e. The van der Waals surface area contributed by atoms with Gasteiger partial charge in [0, 0.05) is 12.1 Å². The van der Waals surface area contributed by atoms with Crippen molar-refractivity contribution < 1.29 is 0 Å². The first-order valence-electron chi connectivity index (χ1n) is 4.21. The van der Waals surface area contributed by atoms with Crippen LogP contribution in [0.3, 0.4) is 0 Å². The first-order chi connectivity index (χ1) is 4.86. The molecular formula is C8H20Cl2N2. The second-order valence-corrected chi connectivity index (χ2v) is 3.13. The van der Waals surface area contributed by atoms with Crippen molar-refractivity contribution in [2.24, 2.45) is 0 Å². The van der Waals surface area contributed by atoms with E-state index in [0.717, 1.165) is 12.1 Å². The maximum absolute atomic E-state index is 3.32. The molecule has 0 bridgehead atoms. The molecule has 0 aliphatic heterocycles. The van der Waals surface area contributed by atoms with Crippen LogP contribution in [0.2, 0.25) is 0 Å². The van der Waals surface area contributed by atoms with E-state index >= 15 is 0 Å². The van der Waals surface area contributed by atoms with E-state index in [1.54, 1.807) is 0 Å². The lowest BCUT2D eigenvalue weighted by Crippen LogP contribution is -2.37. The monoisotopic (exact) mass is 214 g/mol. The average molecular weight is 215 g/mol. The van der Waals surface area contributed by atoms with Gasteiger partial charge < -0.3 is 10.6 Å². The summed E-state index contributed by atoms with van der Waals surface area (Å²) in [5.41, 5.74) is 0. The lowest BCUT2D eigenvalue weighted by molar-refractivity contribution is 0.330. The molecule has 0 heterocycles. The van der Waals surface area contributed by atoms with Crippen LogP contribution in [0.1, 0.15) is 25.7 Å². The molecule has 0 amide bonds. The Morgan fingerprint density at radius 3 is 1.17 bits per heavy atom. The summed E-state index contributed by atoms with van der Waals surface area (Å²) in [6, 6.07) is 1.56. The van der Waals surface area contributed by atoms with Crippen molar-refractivity contribution in [2.75, 3.05) is 14.1 Å². The van der Waals surface area contributed by atoms with Crippen molar-refractivity contribution >= 4 is 24.8 Å². The minimum Gasteiger partial charge on any atom is -0.317 e. The highest BCUT2D eigenvalue weighted by atomic mass is 35.5. The van der Waals surface area contributed by atoms with E-state index in [-0.39, 0.29) is 24.8 Å². The molecule has 0 atom stereocenters. The van der Waals surface area contributed by atoms with Gasteiger partial charge in [0.1, 0.15) is 0 Å². The molecule has 1 rings (SSSR count). The van der Waals surface area contributed by atoms with Crippen LogP contribution in [-0.4, -0.2) is 26.2 Å². The van der Waals surface area contributed by atoms with E-state index in [2.05, 4.69) is 24.7 Å². The second kappa shape index (κ2) is 8.11. The fourth-order valence-electron chi connectivity index (χ4n) is 1.67. The molecule has 76 valence electrons. The molecule has 0 aromatic rings. The number of hydrogen-bond acceptors (Lipinski definition) is 2. The Bertz CT molecular complexity index is 81.1. The zero-order valence-electron chi connectivity index (χ0n) is 7.80. The van der Waals surface area contributed by atoms with Gasteiger partial charge >= 0.3 is 0 Å². The van der Waals surface area contributed by atoms with Crippen molar-refractivity contribution in [3.63, 3.8) is 0 Å². The van der Waals surface area contributed by atoms with E-state index < -0.39 is 0 Å². The van der Waals surface area contributed by atoms with Gasteiger partial charge in [0.2, 0.25) is 0 Å². The highest BCUT2D eigenvalue weighted by molar-refractivity contribution is 5.85. The number of hydrogen-bond donors (Lipinski definition) is 2. The lowest BCUT2D eigenvalue weighted by Gasteiger charge is -2.27. The molecule has 2 nitrogen and oxygen atoms in total. The number of halogens is 2. The summed E-state index contributed by atoms with van der Waals surface area (Å²) in [7, 11) is 4.12. The third-order valence-electron chi connectivity index (χ3n) is 2.54. The van der Waals surface area contributed by atoms with Gasteiger partial charge in [-0.1, -0.05) is 0 Å². The van der Waals surface area contributed by atoms with Crippen LogP contribution >= 0.6 is 24.8 Å². The molecule has 0 saturated heterocycles. The Hall–Kier alpha value is 0.500. The fourth-order valence-corrected chi connectivity index (χ4v) is 1.67. The fraction of sp³-hybridized carbons (Fsp3) is 1.00. The molecule has 1 fully saturated rings. The summed E-state index contributed by atoms with van der Waals surface area (Å²) in [6.45, 7) is 0. The molecule has 0 radical (unpaired) electrons. The van der Waals surface area contributed by atoms with Gasteiger partial charge in [-0.25, -0.2) is 0 Å². The van der Waals surface area contributed by atoms with E-state index in [1.165, 1.54) is 25.7 Å². The first kappa shape index (κ1) is 15.0. The van der Waals surface area contributed by atoms with Crippen molar-refractivity contribution in [3.8, 4) is 0 Å². The molecule has 0 unspecified atom stereocenters. The SMILES string of the molecule is CN[C@H]1CC[C@@H](NC)CC1.Cl.Cl. The van der Waals surface area contributed by atoms with Gasteiger partial charge in [0.15, 0.2) is 0 Å².